The molecule has 0 saturated heterocycles. The van der Waals surface area contributed by atoms with Crippen LogP contribution in [-0.2, 0) is 0 Å². The zero-order chi connectivity index (χ0) is 9.14. The van der Waals surface area contributed by atoms with Crippen LogP contribution in [0, 0.1) is 5.82 Å². The van der Waals surface area contributed by atoms with E-state index in [2.05, 4.69) is 4.98 Å². The number of pyridine rings is 1. The molecule has 0 spiro atoms. The van der Waals surface area contributed by atoms with E-state index in [4.69, 9.17) is 17.4 Å². The summed E-state index contributed by atoms with van der Waals surface area (Å²) in [4.78, 5) is 14.2. The molecule has 0 aliphatic rings. The van der Waals surface area contributed by atoms with Crippen molar-refractivity contribution in [1.29, 1.82) is 0 Å². The average molecular weight is 190 g/mol. The number of hydrogen-bond donors (Lipinski definition) is 2. The fourth-order valence-corrected chi connectivity index (χ4v) is 0.793. The molecule has 6 heteroatoms. The highest BCUT2D eigenvalue weighted by atomic mass is 35.5. The van der Waals surface area contributed by atoms with Crippen molar-refractivity contribution in [3.8, 4) is 0 Å². The molecule has 1 rings (SSSR count). The van der Waals surface area contributed by atoms with Crippen molar-refractivity contribution in [1.82, 2.24) is 10.4 Å². The summed E-state index contributed by atoms with van der Waals surface area (Å²) < 4.78 is 12.9. The molecular formula is C6H5ClFN3O. The van der Waals surface area contributed by atoms with Crippen molar-refractivity contribution in [3.05, 3.63) is 28.8 Å². The summed E-state index contributed by atoms with van der Waals surface area (Å²) in [5.74, 6) is 3.09. The first-order valence-corrected chi connectivity index (χ1v) is 3.35. The first-order valence-electron chi connectivity index (χ1n) is 2.97. The number of aromatic nitrogens is 1. The highest BCUT2D eigenvalue weighted by Crippen LogP contribution is 2.14. The van der Waals surface area contributed by atoms with E-state index in [-0.39, 0.29) is 5.02 Å². The van der Waals surface area contributed by atoms with E-state index >= 15 is 0 Å². The Morgan fingerprint density at radius 2 is 2.42 bits per heavy atom. The molecular weight excluding hydrogens is 185 g/mol. The summed E-state index contributed by atoms with van der Waals surface area (Å²) in [6.07, 6.45) is 1.22. The Kier molecular flexibility index (Phi) is 2.57. The predicted octanol–water partition coefficient (Wildman–Crippen LogP) is 0.478. The predicted molar refractivity (Wildman–Crippen MR) is 40.9 cm³/mol. The van der Waals surface area contributed by atoms with E-state index in [1.165, 1.54) is 12.3 Å². The number of nitrogens with one attached hydrogen (secondary N) is 1. The van der Waals surface area contributed by atoms with Gasteiger partial charge >= 0.3 is 0 Å². The van der Waals surface area contributed by atoms with Crippen LogP contribution in [0.1, 0.15) is 10.5 Å². The number of nitrogens with two attached hydrogens (primary N) is 1. The van der Waals surface area contributed by atoms with Crippen LogP contribution in [-0.4, -0.2) is 10.9 Å². The molecule has 0 aliphatic carbocycles. The van der Waals surface area contributed by atoms with Crippen LogP contribution in [0.4, 0.5) is 4.39 Å². The second kappa shape index (κ2) is 3.46. The number of amides is 1. The van der Waals surface area contributed by atoms with Crippen molar-refractivity contribution >= 4 is 17.5 Å². The van der Waals surface area contributed by atoms with Gasteiger partial charge in [-0.15, -0.1) is 0 Å². The van der Waals surface area contributed by atoms with Gasteiger partial charge in [-0.2, -0.15) is 0 Å². The molecule has 3 N–H and O–H groups in total. The van der Waals surface area contributed by atoms with Crippen LogP contribution < -0.4 is 11.3 Å². The molecule has 0 bridgehead atoms. The first kappa shape index (κ1) is 8.89. The van der Waals surface area contributed by atoms with Gasteiger partial charge in [-0.25, -0.2) is 15.2 Å². The lowest BCUT2D eigenvalue weighted by Crippen LogP contribution is -2.31. The fourth-order valence-electron chi connectivity index (χ4n) is 0.647. The zero-order valence-electron chi connectivity index (χ0n) is 5.84. The number of rotatable bonds is 1. The highest BCUT2D eigenvalue weighted by molar-refractivity contribution is 6.31. The van der Waals surface area contributed by atoms with Gasteiger partial charge in [0.1, 0.15) is 0 Å². The van der Waals surface area contributed by atoms with Crippen molar-refractivity contribution in [3.63, 3.8) is 0 Å². The van der Waals surface area contributed by atoms with Crippen molar-refractivity contribution in [2.24, 2.45) is 5.84 Å². The van der Waals surface area contributed by atoms with Gasteiger partial charge in [0.05, 0.1) is 5.02 Å². The molecule has 0 unspecified atom stereocenters. The lowest BCUT2D eigenvalue weighted by Gasteiger charge is -2.00. The fraction of sp³-hybridized carbons (Fsp3) is 0. The highest BCUT2D eigenvalue weighted by Gasteiger charge is 2.13. The third-order valence-corrected chi connectivity index (χ3v) is 1.48. The maximum atomic E-state index is 12.9. The number of nitrogens with zero attached hydrogens (tertiary/aromatic N) is 1. The van der Waals surface area contributed by atoms with E-state index in [1.807, 2.05) is 0 Å². The van der Waals surface area contributed by atoms with Crippen LogP contribution in [0.25, 0.3) is 0 Å². The van der Waals surface area contributed by atoms with E-state index < -0.39 is 17.4 Å². The van der Waals surface area contributed by atoms with Gasteiger partial charge in [0.2, 0.25) is 0 Å². The van der Waals surface area contributed by atoms with Gasteiger partial charge in [0.15, 0.2) is 11.5 Å². The molecule has 12 heavy (non-hydrogen) atoms. The third kappa shape index (κ3) is 1.51. The van der Waals surface area contributed by atoms with E-state index in [1.54, 1.807) is 5.43 Å². The molecule has 0 radical (unpaired) electrons. The molecule has 1 heterocycles. The largest absolute Gasteiger partial charge is 0.289 e. The second-order valence-electron chi connectivity index (χ2n) is 1.93. The van der Waals surface area contributed by atoms with Crippen LogP contribution in [0.15, 0.2) is 12.3 Å². The normalized spacial score (nSPS) is 9.58. The Balaban J connectivity index is 3.16. The number of hydrogen-bond acceptors (Lipinski definition) is 3. The molecule has 0 aliphatic heterocycles. The van der Waals surface area contributed by atoms with Crippen molar-refractivity contribution in [2.75, 3.05) is 0 Å². The molecule has 4 nitrogen and oxygen atoms in total. The number of halogens is 2. The topological polar surface area (TPSA) is 68.0 Å². The van der Waals surface area contributed by atoms with Crippen LogP contribution in [0.5, 0.6) is 0 Å². The minimum atomic E-state index is -0.873. The Bertz CT molecular complexity index is 318. The summed E-state index contributed by atoms with van der Waals surface area (Å²) in [7, 11) is 0. The standard InChI is InChI=1S/C6H5ClFN3O/c7-3-1-2-10-5(4(3)8)6(12)11-9/h1-2H,9H2,(H,11,12). The van der Waals surface area contributed by atoms with E-state index in [0.29, 0.717) is 0 Å². The monoisotopic (exact) mass is 189 g/mol. The molecule has 0 atom stereocenters. The summed E-state index contributed by atoms with van der Waals surface area (Å²) in [6.45, 7) is 0. The smallest absolute Gasteiger partial charge is 0.286 e. The Hall–Kier alpha value is -1.20. The number of nitrogen functional groups attached to an aromatic ring is 1. The van der Waals surface area contributed by atoms with Crippen LogP contribution in [0.2, 0.25) is 5.02 Å². The number of hydrazine groups is 1. The molecule has 0 saturated carbocycles. The minimum absolute atomic E-state index is 0.163. The summed E-state index contributed by atoms with van der Waals surface area (Å²) in [6, 6.07) is 1.24. The minimum Gasteiger partial charge on any atom is -0.289 e. The van der Waals surface area contributed by atoms with Gasteiger partial charge < -0.3 is 0 Å². The SMILES string of the molecule is NNC(=O)c1nccc(Cl)c1F. The zero-order valence-corrected chi connectivity index (χ0v) is 6.60. The Morgan fingerprint density at radius 3 is 3.00 bits per heavy atom. The van der Waals surface area contributed by atoms with Crippen LogP contribution >= 0.6 is 11.6 Å². The van der Waals surface area contributed by atoms with Gasteiger partial charge in [0.25, 0.3) is 5.91 Å². The molecule has 1 aromatic heterocycles. The Labute approximate surface area is 72.5 Å². The maximum Gasteiger partial charge on any atom is 0.286 e. The molecule has 1 aromatic rings. The number of carbonyl (C=O) groups excluding carboxylic acids is 1. The lowest BCUT2D eigenvalue weighted by atomic mass is 10.3. The molecule has 0 aromatic carbocycles. The summed E-state index contributed by atoms with van der Waals surface area (Å²) in [5, 5.41) is -0.163. The molecule has 0 fully saturated rings. The quantitative estimate of drug-likeness (QED) is 0.384. The van der Waals surface area contributed by atoms with Crippen molar-refractivity contribution in [2.45, 2.75) is 0 Å². The van der Waals surface area contributed by atoms with E-state index in [9.17, 15) is 9.18 Å². The van der Waals surface area contributed by atoms with Crippen LogP contribution in [0.3, 0.4) is 0 Å². The lowest BCUT2D eigenvalue weighted by molar-refractivity contribution is 0.0944. The van der Waals surface area contributed by atoms with Crippen molar-refractivity contribution < 1.29 is 9.18 Å². The summed E-state index contributed by atoms with van der Waals surface area (Å²) in [5.41, 5.74) is 1.34. The maximum absolute atomic E-state index is 12.9. The number of carbonyl (C=O) groups is 1. The Morgan fingerprint density at radius 1 is 1.75 bits per heavy atom. The van der Waals surface area contributed by atoms with Gasteiger partial charge in [-0.3, -0.25) is 10.2 Å². The third-order valence-electron chi connectivity index (χ3n) is 1.19. The van der Waals surface area contributed by atoms with Gasteiger partial charge in [-0.1, -0.05) is 11.6 Å². The van der Waals surface area contributed by atoms with Gasteiger partial charge in [0, 0.05) is 6.20 Å². The summed E-state index contributed by atoms with van der Waals surface area (Å²) >= 11 is 5.38. The second-order valence-corrected chi connectivity index (χ2v) is 2.34. The van der Waals surface area contributed by atoms with Gasteiger partial charge in [-0.05, 0) is 6.07 Å². The molecule has 1 amide bonds. The molecule has 64 valence electrons. The van der Waals surface area contributed by atoms with E-state index in [0.717, 1.165) is 0 Å². The first-order chi connectivity index (χ1) is 5.66. The average Bonchev–Trinajstić information content (AvgIpc) is 2.08.